The number of halogens is 1. The van der Waals surface area contributed by atoms with E-state index in [0.29, 0.717) is 5.41 Å². The van der Waals surface area contributed by atoms with Gasteiger partial charge in [-0.15, -0.1) is 11.3 Å². The van der Waals surface area contributed by atoms with Crippen LogP contribution in [0.3, 0.4) is 0 Å². The predicted molar refractivity (Wildman–Crippen MR) is 66.6 cm³/mol. The van der Waals surface area contributed by atoms with Crippen LogP contribution in [0.1, 0.15) is 17.7 Å². The van der Waals surface area contributed by atoms with Gasteiger partial charge in [0.2, 0.25) is 0 Å². The number of hydrogen-bond donors (Lipinski definition) is 2. The van der Waals surface area contributed by atoms with Gasteiger partial charge in [-0.25, -0.2) is 0 Å². The highest BCUT2D eigenvalue weighted by atomic mass is 35.5. The van der Waals surface area contributed by atoms with Gasteiger partial charge in [-0.1, -0.05) is 11.6 Å². The lowest BCUT2D eigenvalue weighted by molar-refractivity contribution is 0.439. The Bertz CT molecular complexity index is 320. The first-order valence-electron chi connectivity index (χ1n) is 5.34. The van der Waals surface area contributed by atoms with Crippen LogP contribution in [0.2, 0.25) is 4.34 Å². The van der Waals surface area contributed by atoms with Gasteiger partial charge in [0.25, 0.3) is 0 Å². The fourth-order valence-electron chi connectivity index (χ4n) is 1.87. The van der Waals surface area contributed by atoms with Crippen LogP contribution in [0.4, 0.5) is 0 Å². The zero-order valence-electron chi connectivity index (χ0n) is 8.98. The number of rotatable bonds is 6. The molecular weight excluding hydrogens is 228 g/mol. The molecule has 0 bridgehead atoms. The molecule has 2 N–H and O–H groups in total. The third-order valence-corrected chi connectivity index (χ3v) is 4.17. The molecule has 84 valence electrons. The maximum atomic E-state index is 5.87. The van der Waals surface area contributed by atoms with E-state index in [1.807, 2.05) is 13.1 Å². The summed E-state index contributed by atoms with van der Waals surface area (Å²) in [6.07, 6.45) is 2.71. The maximum Gasteiger partial charge on any atom is 0.0931 e. The molecule has 0 unspecified atom stereocenters. The quantitative estimate of drug-likeness (QED) is 0.804. The van der Waals surface area contributed by atoms with E-state index < -0.39 is 0 Å². The van der Waals surface area contributed by atoms with Crippen LogP contribution in [-0.2, 0) is 6.54 Å². The smallest absolute Gasteiger partial charge is 0.0931 e. The number of hydrogen-bond acceptors (Lipinski definition) is 3. The van der Waals surface area contributed by atoms with Gasteiger partial charge >= 0.3 is 0 Å². The largest absolute Gasteiger partial charge is 0.319 e. The highest BCUT2D eigenvalue weighted by molar-refractivity contribution is 7.16. The molecule has 1 saturated carbocycles. The van der Waals surface area contributed by atoms with Crippen LogP contribution < -0.4 is 10.6 Å². The van der Waals surface area contributed by atoms with Crippen molar-refractivity contribution >= 4 is 22.9 Å². The molecule has 0 amide bonds. The molecule has 1 fully saturated rings. The van der Waals surface area contributed by atoms with Crippen LogP contribution in [0.5, 0.6) is 0 Å². The monoisotopic (exact) mass is 244 g/mol. The van der Waals surface area contributed by atoms with Crippen LogP contribution in [0.25, 0.3) is 0 Å². The molecule has 1 heterocycles. The molecule has 0 aromatic carbocycles. The first-order chi connectivity index (χ1) is 7.24. The molecule has 1 aliphatic carbocycles. The number of nitrogens with one attached hydrogen (secondary N) is 2. The third-order valence-electron chi connectivity index (χ3n) is 2.94. The minimum atomic E-state index is 0.538. The minimum Gasteiger partial charge on any atom is -0.319 e. The maximum absolute atomic E-state index is 5.87. The van der Waals surface area contributed by atoms with Crippen molar-refractivity contribution in [3.63, 3.8) is 0 Å². The molecule has 0 radical (unpaired) electrons. The Morgan fingerprint density at radius 2 is 2.20 bits per heavy atom. The molecular formula is C11H17ClN2S. The third kappa shape index (κ3) is 3.18. The highest BCUT2D eigenvalue weighted by Gasteiger charge is 2.41. The average molecular weight is 245 g/mol. The highest BCUT2D eigenvalue weighted by Crippen LogP contribution is 2.44. The van der Waals surface area contributed by atoms with Crippen molar-refractivity contribution in [1.82, 2.24) is 10.6 Å². The molecule has 0 aliphatic heterocycles. The summed E-state index contributed by atoms with van der Waals surface area (Å²) in [5, 5.41) is 6.78. The summed E-state index contributed by atoms with van der Waals surface area (Å²) in [5.41, 5.74) is 0.538. The lowest BCUT2D eigenvalue weighted by atomic mass is 10.1. The summed E-state index contributed by atoms with van der Waals surface area (Å²) < 4.78 is 0.878. The standard InChI is InChI=1S/C11H17ClN2S/c1-13-7-11(4-5-11)8-14-6-9-2-3-10(12)15-9/h2-3,13-14H,4-8H2,1H3. The lowest BCUT2D eigenvalue weighted by Gasteiger charge is -2.14. The Kier molecular flexibility index (Phi) is 3.67. The van der Waals surface area contributed by atoms with Gasteiger partial charge in [-0.05, 0) is 37.4 Å². The molecule has 4 heteroatoms. The molecule has 1 aromatic heterocycles. The first-order valence-corrected chi connectivity index (χ1v) is 6.53. The van der Waals surface area contributed by atoms with Gasteiger partial charge < -0.3 is 10.6 Å². The Morgan fingerprint density at radius 1 is 1.40 bits per heavy atom. The second-order valence-corrected chi connectivity index (χ2v) is 6.14. The molecule has 1 aromatic rings. The SMILES string of the molecule is CNCC1(CNCc2ccc(Cl)s2)CC1. The van der Waals surface area contributed by atoms with Gasteiger partial charge in [0.05, 0.1) is 4.34 Å². The van der Waals surface area contributed by atoms with E-state index in [0.717, 1.165) is 24.0 Å². The van der Waals surface area contributed by atoms with E-state index in [-0.39, 0.29) is 0 Å². The van der Waals surface area contributed by atoms with Crippen molar-refractivity contribution in [2.45, 2.75) is 19.4 Å². The average Bonchev–Trinajstić information content (AvgIpc) is 2.83. The zero-order valence-corrected chi connectivity index (χ0v) is 10.5. The Labute approximate surface area is 100 Å². The summed E-state index contributed by atoms with van der Waals surface area (Å²) in [5.74, 6) is 0. The Balaban J connectivity index is 1.71. The molecule has 15 heavy (non-hydrogen) atoms. The summed E-state index contributed by atoms with van der Waals surface area (Å²) in [6, 6.07) is 4.06. The Morgan fingerprint density at radius 3 is 2.73 bits per heavy atom. The normalized spacial score (nSPS) is 18.0. The van der Waals surface area contributed by atoms with E-state index in [2.05, 4.69) is 16.7 Å². The fourth-order valence-corrected chi connectivity index (χ4v) is 2.92. The van der Waals surface area contributed by atoms with E-state index >= 15 is 0 Å². The van der Waals surface area contributed by atoms with E-state index in [1.165, 1.54) is 17.7 Å². The molecule has 0 atom stereocenters. The van der Waals surface area contributed by atoms with Crippen LogP contribution in [-0.4, -0.2) is 20.1 Å². The fraction of sp³-hybridized carbons (Fsp3) is 0.636. The van der Waals surface area contributed by atoms with Gasteiger partial charge in [-0.2, -0.15) is 0 Å². The number of thiophene rings is 1. The Hall–Kier alpha value is -0.0900. The van der Waals surface area contributed by atoms with Crippen LogP contribution in [0, 0.1) is 5.41 Å². The molecule has 2 nitrogen and oxygen atoms in total. The molecule has 2 rings (SSSR count). The summed E-state index contributed by atoms with van der Waals surface area (Å²) >= 11 is 7.53. The summed E-state index contributed by atoms with van der Waals surface area (Å²) in [7, 11) is 2.03. The van der Waals surface area contributed by atoms with Gasteiger partial charge in [0.1, 0.15) is 0 Å². The van der Waals surface area contributed by atoms with Crippen molar-refractivity contribution in [3.8, 4) is 0 Å². The molecule has 1 aliphatic rings. The second-order valence-electron chi connectivity index (χ2n) is 4.34. The van der Waals surface area contributed by atoms with E-state index in [9.17, 15) is 0 Å². The second kappa shape index (κ2) is 4.83. The van der Waals surface area contributed by atoms with Crippen molar-refractivity contribution in [2.75, 3.05) is 20.1 Å². The van der Waals surface area contributed by atoms with Crippen LogP contribution in [0.15, 0.2) is 12.1 Å². The summed E-state index contributed by atoms with van der Waals surface area (Å²) in [6.45, 7) is 3.19. The topological polar surface area (TPSA) is 24.1 Å². The van der Waals surface area contributed by atoms with Gasteiger partial charge in [-0.3, -0.25) is 0 Å². The lowest BCUT2D eigenvalue weighted by Crippen LogP contribution is -2.30. The molecule has 0 saturated heterocycles. The zero-order chi connectivity index (χ0) is 10.7. The van der Waals surface area contributed by atoms with E-state index in [1.54, 1.807) is 11.3 Å². The minimum absolute atomic E-state index is 0.538. The molecule has 0 spiro atoms. The van der Waals surface area contributed by atoms with Crippen LogP contribution >= 0.6 is 22.9 Å². The van der Waals surface area contributed by atoms with Gasteiger partial charge in [0, 0.05) is 24.5 Å². The van der Waals surface area contributed by atoms with Crippen molar-refractivity contribution in [1.29, 1.82) is 0 Å². The van der Waals surface area contributed by atoms with Crippen molar-refractivity contribution in [3.05, 3.63) is 21.3 Å². The predicted octanol–water partition coefficient (Wildman–Crippen LogP) is 2.49. The van der Waals surface area contributed by atoms with Crippen molar-refractivity contribution < 1.29 is 0 Å². The van der Waals surface area contributed by atoms with E-state index in [4.69, 9.17) is 11.6 Å². The first kappa shape index (κ1) is 11.4. The van der Waals surface area contributed by atoms with Gasteiger partial charge in [0.15, 0.2) is 0 Å². The summed E-state index contributed by atoms with van der Waals surface area (Å²) in [4.78, 5) is 1.32. The van der Waals surface area contributed by atoms with Crippen molar-refractivity contribution in [2.24, 2.45) is 5.41 Å².